The third kappa shape index (κ3) is 3.47. The van der Waals surface area contributed by atoms with Crippen molar-refractivity contribution in [2.24, 2.45) is 5.92 Å². The lowest BCUT2D eigenvalue weighted by Crippen LogP contribution is -2.71. The van der Waals surface area contributed by atoms with E-state index in [0.717, 1.165) is 49.6 Å². The Morgan fingerprint density at radius 1 is 1.18 bits per heavy atom. The van der Waals surface area contributed by atoms with E-state index in [2.05, 4.69) is 10.1 Å². The first-order valence-corrected chi connectivity index (χ1v) is 12.9. The number of nitrogens with zero attached hydrogens (tertiary/aromatic N) is 3. The number of rotatable bonds is 5. The molecule has 0 unspecified atom stereocenters. The Balaban J connectivity index is 1.32. The zero-order valence-corrected chi connectivity index (χ0v) is 20.0. The third-order valence-electron chi connectivity index (χ3n) is 9.07. The van der Waals surface area contributed by atoms with Crippen molar-refractivity contribution in [2.45, 2.75) is 75.3 Å². The zero-order valence-electron chi connectivity index (χ0n) is 20.0. The number of aromatic hydroxyl groups is 1. The Hall–Kier alpha value is -2.38. The second-order valence-corrected chi connectivity index (χ2v) is 11.0. The number of aromatic nitrogens is 1. The molecule has 2 aliphatic heterocycles. The summed E-state index contributed by atoms with van der Waals surface area (Å²) in [5, 5.41) is 26.9. The van der Waals surface area contributed by atoms with Gasteiger partial charge in [-0.3, -0.25) is 9.69 Å². The van der Waals surface area contributed by atoms with Crippen LogP contribution in [0.25, 0.3) is 0 Å². The number of carbonyl (C=O) groups is 1. The van der Waals surface area contributed by atoms with E-state index in [-0.39, 0.29) is 24.1 Å². The molecule has 2 bridgehead atoms. The smallest absolute Gasteiger partial charge is 0.228 e. The van der Waals surface area contributed by atoms with Gasteiger partial charge in [0.25, 0.3) is 0 Å². The molecule has 182 valence electrons. The summed E-state index contributed by atoms with van der Waals surface area (Å²) < 4.78 is 5.28. The molecule has 3 heterocycles. The Morgan fingerprint density at radius 2 is 1.97 bits per heavy atom. The molecule has 34 heavy (non-hydrogen) atoms. The van der Waals surface area contributed by atoms with Gasteiger partial charge in [-0.05, 0) is 74.2 Å². The summed E-state index contributed by atoms with van der Waals surface area (Å²) in [5.41, 5.74) is 1.64. The molecular weight excluding hydrogens is 430 g/mol. The normalized spacial score (nSPS) is 31.0. The number of carbonyl (C=O) groups excluding carboxylic acids is 1. The van der Waals surface area contributed by atoms with Crippen LogP contribution >= 0.6 is 0 Å². The molecule has 6 rings (SSSR count). The lowest BCUT2D eigenvalue weighted by Gasteiger charge is -2.61. The summed E-state index contributed by atoms with van der Waals surface area (Å²) in [6, 6.07) is 7.62. The number of hydrogen-bond donors (Lipinski definition) is 2. The first kappa shape index (κ1) is 22.1. The summed E-state index contributed by atoms with van der Waals surface area (Å²) in [6.07, 6.45) is 6.48. The van der Waals surface area contributed by atoms with Gasteiger partial charge in [0, 0.05) is 43.6 Å². The van der Waals surface area contributed by atoms with Gasteiger partial charge in [-0.2, -0.15) is 0 Å². The molecule has 2 aromatic rings. The van der Waals surface area contributed by atoms with Crippen molar-refractivity contribution in [3.05, 3.63) is 46.8 Å². The standard InChI is InChI=1S/C27H35N3O4/c1-2-22-14-20(28-34-22)15-25(32)29-10-7-26-8-11-30(17-18-3-4-18)24(27(26,33)9-12-29)13-19-5-6-21(31)16-23(19)26/h5-6,14,16,18,24,31,33H,2-4,7-13,15,17H2,1H3/t24-,26+,27-/m1/s1. The highest BCUT2D eigenvalue weighted by Gasteiger charge is 2.63. The van der Waals surface area contributed by atoms with Crippen LogP contribution in [0.4, 0.5) is 0 Å². The van der Waals surface area contributed by atoms with Gasteiger partial charge < -0.3 is 19.6 Å². The van der Waals surface area contributed by atoms with Crippen LogP contribution in [-0.4, -0.2) is 68.9 Å². The van der Waals surface area contributed by atoms with Gasteiger partial charge in [0.2, 0.25) is 5.91 Å². The highest BCUT2D eigenvalue weighted by Crippen LogP contribution is 2.56. The van der Waals surface area contributed by atoms with Gasteiger partial charge in [0.05, 0.1) is 17.7 Å². The topological polar surface area (TPSA) is 90.0 Å². The number of amides is 1. The molecule has 2 aliphatic carbocycles. The fraction of sp³-hybridized carbons (Fsp3) is 0.630. The second kappa shape index (κ2) is 8.09. The molecule has 1 amide bonds. The Morgan fingerprint density at radius 3 is 2.74 bits per heavy atom. The molecule has 1 saturated carbocycles. The molecule has 7 heteroatoms. The van der Waals surface area contributed by atoms with Crippen LogP contribution in [0.1, 0.15) is 61.6 Å². The van der Waals surface area contributed by atoms with Gasteiger partial charge >= 0.3 is 0 Å². The third-order valence-corrected chi connectivity index (χ3v) is 9.07. The maximum Gasteiger partial charge on any atom is 0.228 e. The number of phenolic OH excluding ortho intramolecular Hbond substituents is 1. The fourth-order valence-corrected chi connectivity index (χ4v) is 6.99. The van der Waals surface area contributed by atoms with Crippen LogP contribution in [0.2, 0.25) is 0 Å². The summed E-state index contributed by atoms with van der Waals surface area (Å²) in [4.78, 5) is 17.7. The number of phenols is 1. The molecule has 0 spiro atoms. The van der Waals surface area contributed by atoms with Crippen molar-refractivity contribution >= 4 is 5.91 Å². The van der Waals surface area contributed by atoms with Gasteiger partial charge in [-0.25, -0.2) is 0 Å². The molecule has 4 aliphatic rings. The van der Waals surface area contributed by atoms with Crippen LogP contribution in [0.3, 0.4) is 0 Å². The largest absolute Gasteiger partial charge is 0.508 e. The van der Waals surface area contributed by atoms with Gasteiger partial charge in [0.1, 0.15) is 11.5 Å². The summed E-state index contributed by atoms with van der Waals surface area (Å²) in [5.74, 6) is 1.84. The monoisotopic (exact) mass is 465 g/mol. The number of benzene rings is 1. The minimum absolute atomic E-state index is 0.0371. The Bertz CT molecular complexity index is 1100. The van der Waals surface area contributed by atoms with Crippen LogP contribution in [0, 0.1) is 5.92 Å². The highest BCUT2D eigenvalue weighted by atomic mass is 16.5. The van der Waals surface area contributed by atoms with Crippen molar-refractivity contribution in [3.8, 4) is 5.75 Å². The van der Waals surface area contributed by atoms with Gasteiger partial charge in [-0.15, -0.1) is 0 Å². The van der Waals surface area contributed by atoms with Crippen molar-refractivity contribution in [1.82, 2.24) is 15.0 Å². The Labute approximate surface area is 200 Å². The highest BCUT2D eigenvalue weighted by molar-refractivity contribution is 5.78. The predicted molar refractivity (Wildman–Crippen MR) is 127 cm³/mol. The maximum atomic E-state index is 13.2. The quantitative estimate of drug-likeness (QED) is 0.706. The summed E-state index contributed by atoms with van der Waals surface area (Å²) in [6.45, 7) is 5.17. The lowest BCUT2D eigenvalue weighted by atomic mass is 9.52. The van der Waals surface area contributed by atoms with E-state index in [4.69, 9.17) is 4.52 Å². The SMILES string of the molecule is CCc1cc(CC(=O)N2CC[C@]34CCN(CC5CC5)[C@H](Cc5ccc(O)cc53)[C@]4(O)CC2)no1. The zero-order chi connectivity index (χ0) is 23.5. The Kier molecular flexibility index (Phi) is 5.26. The van der Waals surface area contributed by atoms with E-state index < -0.39 is 11.0 Å². The average molecular weight is 466 g/mol. The molecule has 2 saturated heterocycles. The maximum absolute atomic E-state index is 13.2. The minimum atomic E-state index is -0.917. The van der Waals surface area contributed by atoms with Crippen LogP contribution in [0.15, 0.2) is 28.8 Å². The van der Waals surface area contributed by atoms with Crippen LogP contribution < -0.4 is 0 Å². The van der Waals surface area contributed by atoms with E-state index in [9.17, 15) is 15.0 Å². The molecular formula is C27H35N3O4. The molecule has 1 aromatic heterocycles. The minimum Gasteiger partial charge on any atom is -0.508 e. The van der Waals surface area contributed by atoms with E-state index in [1.807, 2.05) is 30.0 Å². The summed E-state index contributed by atoms with van der Waals surface area (Å²) in [7, 11) is 0. The van der Waals surface area contributed by atoms with Gasteiger partial charge in [0.15, 0.2) is 0 Å². The lowest BCUT2D eigenvalue weighted by molar-refractivity contribution is -0.149. The first-order valence-electron chi connectivity index (χ1n) is 12.9. The molecule has 0 radical (unpaired) electrons. The number of hydrogen-bond acceptors (Lipinski definition) is 6. The number of piperidine rings is 1. The molecule has 3 atom stereocenters. The summed E-state index contributed by atoms with van der Waals surface area (Å²) >= 11 is 0. The van der Waals surface area contributed by atoms with Crippen molar-refractivity contribution < 1.29 is 19.5 Å². The second-order valence-electron chi connectivity index (χ2n) is 11.0. The molecule has 7 nitrogen and oxygen atoms in total. The number of fused-ring (bicyclic) bond motifs is 1. The number of aliphatic hydroxyl groups is 1. The van der Waals surface area contributed by atoms with Gasteiger partial charge in [-0.1, -0.05) is 18.1 Å². The fourth-order valence-electron chi connectivity index (χ4n) is 6.99. The van der Waals surface area contributed by atoms with Crippen LogP contribution in [-0.2, 0) is 29.5 Å². The van der Waals surface area contributed by atoms with Crippen molar-refractivity contribution in [1.29, 1.82) is 0 Å². The van der Waals surface area contributed by atoms with Crippen molar-refractivity contribution in [3.63, 3.8) is 0 Å². The molecule has 3 fully saturated rings. The van der Waals surface area contributed by atoms with E-state index in [1.54, 1.807) is 6.07 Å². The molecule has 1 aromatic carbocycles. The van der Waals surface area contributed by atoms with Crippen LogP contribution in [0.5, 0.6) is 5.75 Å². The van der Waals surface area contributed by atoms with Crippen molar-refractivity contribution in [2.75, 3.05) is 26.2 Å². The first-order chi connectivity index (χ1) is 16.4. The predicted octanol–water partition coefficient (Wildman–Crippen LogP) is 2.82. The van der Waals surface area contributed by atoms with E-state index in [1.165, 1.54) is 18.4 Å². The number of aryl methyl sites for hydroxylation is 1. The average Bonchev–Trinajstić information content (AvgIpc) is 3.55. The van der Waals surface area contributed by atoms with E-state index in [0.29, 0.717) is 31.6 Å². The van der Waals surface area contributed by atoms with E-state index >= 15 is 0 Å². The number of likely N-dealkylation sites (tertiary alicyclic amines) is 2. The molecule has 2 N–H and O–H groups in total.